The second kappa shape index (κ2) is 6.73. The third-order valence-corrected chi connectivity index (χ3v) is 2.83. The molecule has 7 heteroatoms. The molecular weight excluding hydrogens is 238 g/mol. The Labute approximate surface area is 98.0 Å². The van der Waals surface area contributed by atoms with Crippen LogP contribution in [-0.2, 0) is 0 Å². The molecule has 0 fully saturated rings. The van der Waals surface area contributed by atoms with Gasteiger partial charge in [-0.25, -0.2) is 0 Å². The molecule has 0 amide bonds. The molecule has 0 aliphatic carbocycles. The summed E-state index contributed by atoms with van der Waals surface area (Å²) < 4.78 is 0. The minimum absolute atomic E-state index is 0. The first-order chi connectivity index (χ1) is 6.65. The lowest BCUT2D eigenvalue weighted by atomic mass is 10.1. The van der Waals surface area contributed by atoms with Gasteiger partial charge in [-0.3, -0.25) is 10.1 Å². The predicted molar refractivity (Wildman–Crippen MR) is 63.4 cm³/mol. The van der Waals surface area contributed by atoms with Crippen LogP contribution in [0, 0.1) is 10.1 Å². The second-order valence-corrected chi connectivity index (χ2v) is 3.90. The van der Waals surface area contributed by atoms with Crippen LogP contribution in [0.3, 0.4) is 0 Å². The van der Waals surface area contributed by atoms with Crippen LogP contribution in [0.1, 0.15) is 24.4 Å². The summed E-state index contributed by atoms with van der Waals surface area (Å²) in [5, 5.41) is 12.3. The highest BCUT2D eigenvalue weighted by molar-refractivity contribution is 7.13. The van der Waals surface area contributed by atoms with Crippen LogP contribution in [0.4, 0.5) is 5.00 Å². The largest absolute Gasteiger partial charge is 0.330 e. The maximum Gasteiger partial charge on any atom is 0.324 e. The van der Waals surface area contributed by atoms with E-state index in [2.05, 4.69) is 0 Å². The summed E-state index contributed by atoms with van der Waals surface area (Å²) in [5.74, 6) is 0. The van der Waals surface area contributed by atoms with Gasteiger partial charge in [-0.2, -0.15) is 0 Å². The van der Waals surface area contributed by atoms with Gasteiger partial charge in [-0.15, -0.1) is 12.4 Å². The topological polar surface area (TPSA) is 95.2 Å². The van der Waals surface area contributed by atoms with Crippen LogP contribution >= 0.6 is 23.7 Å². The first-order valence-electron chi connectivity index (χ1n) is 4.33. The van der Waals surface area contributed by atoms with Gasteiger partial charge in [0.1, 0.15) is 0 Å². The number of hydrogen-bond donors (Lipinski definition) is 2. The van der Waals surface area contributed by atoms with Crippen molar-refractivity contribution in [3.8, 4) is 0 Å². The molecule has 5 nitrogen and oxygen atoms in total. The first-order valence-corrected chi connectivity index (χ1v) is 5.21. The van der Waals surface area contributed by atoms with Gasteiger partial charge in [0.25, 0.3) is 0 Å². The minimum Gasteiger partial charge on any atom is -0.330 e. The Bertz CT molecular complexity index is 319. The fourth-order valence-corrected chi connectivity index (χ4v) is 1.92. The van der Waals surface area contributed by atoms with Crippen molar-refractivity contribution in [2.75, 3.05) is 6.54 Å². The molecule has 0 saturated carbocycles. The molecule has 0 radical (unpaired) electrons. The molecule has 86 valence electrons. The molecule has 0 aliphatic rings. The molecule has 1 heterocycles. The maximum absolute atomic E-state index is 10.4. The fraction of sp³-hybridized carbons (Fsp3) is 0.500. The van der Waals surface area contributed by atoms with E-state index in [9.17, 15) is 10.1 Å². The monoisotopic (exact) mass is 251 g/mol. The summed E-state index contributed by atoms with van der Waals surface area (Å²) in [4.78, 5) is 10.0. The molecule has 0 saturated heterocycles. The van der Waals surface area contributed by atoms with Crippen LogP contribution in [-0.4, -0.2) is 11.5 Å². The quantitative estimate of drug-likeness (QED) is 0.616. The van der Waals surface area contributed by atoms with Crippen molar-refractivity contribution < 1.29 is 4.92 Å². The number of nitro groups is 1. The lowest BCUT2D eigenvalue weighted by molar-refractivity contribution is -0.380. The standard InChI is InChI=1S/C8H13N3O2S.ClH/c9-3-1-2-7(10)6-4-8(11(12)13)14-5-6;/h4-5,7H,1-3,9-10H2;1H/t7-;/m0./s1. The Morgan fingerprint density at radius 3 is 2.73 bits per heavy atom. The molecule has 0 bridgehead atoms. The maximum atomic E-state index is 10.4. The van der Waals surface area contributed by atoms with Gasteiger partial charge in [0.2, 0.25) is 0 Å². The number of hydrogen-bond acceptors (Lipinski definition) is 5. The molecule has 4 N–H and O–H groups in total. The third kappa shape index (κ3) is 4.13. The lowest BCUT2D eigenvalue weighted by Gasteiger charge is -2.07. The first kappa shape index (κ1) is 14.3. The van der Waals surface area contributed by atoms with Gasteiger partial charge < -0.3 is 11.5 Å². The van der Waals surface area contributed by atoms with E-state index in [4.69, 9.17) is 11.5 Å². The highest BCUT2D eigenvalue weighted by Crippen LogP contribution is 2.27. The molecular formula is C8H14ClN3O2S. The zero-order chi connectivity index (χ0) is 10.6. The van der Waals surface area contributed by atoms with Crippen molar-refractivity contribution in [1.82, 2.24) is 0 Å². The normalized spacial score (nSPS) is 11.9. The summed E-state index contributed by atoms with van der Waals surface area (Å²) in [7, 11) is 0. The summed E-state index contributed by atoms with van der Waals surface area (Å²) in [6, 6.07) is 1.40. The summed E-state index contributed by atoms with van der Waals surface area (Å²) >= 11 is 1.11. The summed E-state index contributed by atoms with van der Waals surface area (Å²) in [6.45, 7) is 0.597. The van der Waals surface area contributed by atoms with Gasteiger partial charge in [0, 0.05) is 17.5 Å². The Hall–Kier alpha value is -0.690. The Morgan fingerprint density at radius 2 is 2.27 bits per heavy atom. The number of thiophene rings is 1. The van der Waals surface area contributed by atoms with Crippen molar-refractivity contribution in [3.63, 3.8) is 0 Å². The number of nitrogens with zero attached hydrogens (tertiary/aromatic N) is 1. The van der Waals surface area contributed by atoms with E-state index < -0.39 is 4.92 Å². The predicted octanol–water partition coefficient (Wildman–Crippen LogP) is 1.82. The van der Waals surface area contributed by atoms with Crippen molar-refractivity contribution in [3.05, 3.63) is 27.1 Å². The highest BCUT2D eigenvalue weighted by atomic mass is 35.5. The zero-order valence-electron chi connectivity index (χ0n) is 8.09. The number of halogens is 1. The molecule has 1 atom stereocenters. The van der Waals surface area contributed by atoms with Crippen molar-refractivity contribution >= 4 is 28.7 Å². The Kier molecular flexibility index (Phi) is 6.42. The molecule has 15 heavy (non-hydrogen) atoms. The van der Waals surface area contributed by atoms with Crippen molar-refractivity contribution in [2.45, 2.75) is 18.9 Å². The zero-order valence-corrected chi connectivity index (χ0v) is 9.72. The average molecular weight is 252 g/mol. The molecule has 1 rings (SSSR count). The van der Waals surface area contributed by atoms with Crippen molar-refractivity contribution in [1.29, 1.82) is 0 Å². The van der Waals surface area contributed by atoms with Gasteiger partial charge in [-0.1, -0.05) is 11.3 Å². The fourth-order valence-electron chi connectivity index (χ4n) is 1.13. The van der Waals surface area contributed by atoms with Gasteiger partial charge in [0.05, 0.1) is 4.92 Å². The van der Waals surface area contributed by atoms with E-state index >= 15 is 0 Å². The average Bonchev–Trinajstić information content (AvgIpc) is 2.62. The molecule has 0 unspecified atom stereocenters. The van der Waals surface area contributed by atoms with Crippen LogP contribution in [0.15, 0.2) is 11.4 Å². The van der Waals surface area contributed by atoms with E-state index in [1.807, 2.05) is 0 Å². The second-order valence-electron chi connectivity index (χ2n) is 3.01. The SMILES string of the molecule is Cl.NCCC[C@H](N)c1csc([N+](=O)[O-])c1. The van der Waals surface area contributed by atoms with Crippen LogP contribution in [0.5, 0.6) is 0 Å². The van der Waals surface area contributed by atoms with Gasteiger partial charge in [0.15, 0.2) is 0 Å². The van der Waals surface area contributed by atoms with Crippen LogP contribution < -0.4 is 11.5 Å². The number of nitrogens with two attached hydrogens (primary N) is 2. The highest BCUT2D eigenvalue weighted by Gasteiger charge is 2.13. The van der Waals surface area contributed by atoms with E-state index in [-0.39, 0.29) is 23.4 Å². The van der Waals surface area contributed by atoms with Gasteiger partial charge >= 0.3 is 5.00 Å². The van der Waals surface area contributed by atoms with Crippen LogP contribution in [0.25, 0.3) is 0 Å². The molecule has 0 aliphatic heterocycles. The van der Waals surface area contributed by atoms with E-state index in [1.165, 1.54) is 6.07 Å². The summed E-state index contributed by atoms with van der Waals surface area (Å²) in [5.41, 5.74) is 12.0. The smallest absolute Gasteiger partial charge is 0.324 e. The summed E-state index contributed by atoms with van der Waals surface area (Å²) in [6.07, 6.45) is 1.61. The third-order valence-electron chi connectivity index (χ3n) is 1.93. The van der Waals surface area contributed by atoms with Crippen molar-refractivity contribution in [2.24, 2.45) is 11.5 Å². The van der Waals surface area contributed by atoms with E-state index in [0.29, 0.717) is 6.54 Å². The molecule has 0 aromatic carbocycles. The van der Waals surface area contributed by atoms with Crippen LogP contribution in [0.2, 0.25) is 0 Å². The molecule has 1 aromatic heterocycles. The van der Waals surface area contributed by atoms with E-state index in [0.717, 1.165) is 29.7 Å². The van der Waals surface area contributed by atoms with Gasteiger partial charge in [-0.05, 0) is 24.9 Å². The van der Waals surface area contributed by atoms with E-state index in [1.54, 1.807) is 5.38 Å². The molecule has 1 aromatic rings. The Balaban J connectivity index is 0.00000196. The molecule has 0 spiro atoms. The number of rotatable bonds is 5. The Morgan fingerprint density at radius 1 is 1.60 bits per heavy atom. The lowest BCUT2D eigenvalue weighted by Crippen LogP contribution is -2.11. The minimum atomic E-state index is -0.399.